The lowest BCUT2D eigenvalue weighted by Crippen LogP contribution is -2.12. The van der Waals surface area contributed by atoms with E-state index in [0.29, 0.717) is 0 Å². The minimum atomic E-state index is 0.154. The van der Waals surface area contributed by atoms with Crippen molar-refractivity contribution in [3.8, 4) is 0 Å². The van der Waals surface area contributed by atoms with Crippen LogP contribution in [-0.2, 0) is 0 Å². The average molecular weight is 475 g/mol. The Morgan fingerprint density at radius 3 is 1.11 bits per heavy atom. The van der Waals surface area contributed by atoms with Crippen molar-refractivity contribution >= 4 is 54.9 Å². The molecule has 0 N–H and O–H groups in total. The van der Waals surface area contributed by atoms with E-state index in [9.17, 15) is 0 Å². The Bertz CT molecular complexity index is 1840. The molecule has 0 radical (unpaired) electrons. The standard InChI is InChI=1S/C35H22S/c1-2-12-22(13-3-1)31-32-27-18-8-4-14-23(27)25-16-6-10-20-29(25)34(32)36-35-30-21-11-7-17-26(30)24-15-5-9-19-28(24)33(31)35/h1-21,31H. The van der Waals surface area contributed by atoms with Crippen LogP contribution in [0, 0.1) is 0 Å². The second-order valence-corrected chi connectivity index (χ2v) is 10.6. The van der Waals surface area contributed by atoms with Crippen LogP contribution in [0.2, 0.25) is 0 Å². The summed E-state index contributed by atoms with van der Waals surface area (Å²) in [6, 6.07) is 47.0. The molecule has 7 aromatic carbocycles. The van der Waals surface area contributed by atoms with E-state index in [1.165, 1.54) is 69.6 Å². The van der Waals surface area contributed by atoms with E-state index < -0.39 is 0 Å². The first-order chi connectivity index (χ1) is 17.9. The molecule has 0 spiro atoms. The zero-order valence-corrected chi connectivity index (χ0v) is 20.4. The van der Waals surface area contributed by atoms with Crippen molar-refractivity contribution in [1.29, 1.82) is 0 Å². The largest absolute Gasteiger partial charge is 0.0881 e. The molecule has 0 aromatic heterocycles. The van der Waals surface area contributed by atoms with Crippen LogP contribution in [0.25, 0.3) is 43.1 Å². The third kappa shape index (κ3) is 2.72. The lowest BCUT2D eigenvalue weighted by molar-refractivity contribution is 0.938. The first-order valence-electron chi connectivity index (χ1n) is 12.5. The predicted molar refractivity (Wildman–Crippen MR) is 154 cm³/mol. The van der Waals surface area contributed by atoms with Crippen LogP contribution < -0.4 is 0 Å². The lowest BCUT2D eigenvalue weighted by Gasteiger charge is -2.33. The number of rotatable bonds is 1. The Balaban J connectivity index is 1.63. The van der Waals surface area contributed by atoms with Gasteiger partial charge in [0.2, 0.25) is 0 Å². The van der Waals surface area contributed by atoms with Crippen LogP contribution in [0.5, 0.6) is 0 Å². The van der Waals surface area contributed by atoms with Gasteiger partial charge in [0.15, 0.2) is 0 Å². The van der Waals surface area contributed by atoms with Gasteiger partial charge in [-0.1, -0.05) is 139 Å². The van der Waals surface area contributed by atoms with Gasteiger partial charge in [0.25, 0.3) is 0 Å². The Morgan fingerprint density at radius 1 is 0.333 bits per heavy atom. The minimum Gasteiger partial charge on any atom is -0.0881 e. The summed E-state index contributed by atoms with van der Waals surface area (Å²) in [5, 5.41) is 10.7. The molecular formula is C35H22S. The second-order valence-electron chi connectivity index (χ2n) is 9.61. The fraction of sp³-hybridized carbons (Fsp3) is 0.0286. The number of benzene rings is 7. The smallest absolute Gasteiger partial charge is 0.0375 e. The molecule has 1 heteroatoms. The molecule has 0 nitrogen and oxygen atoms in total. The first-order valence-corrected chi connectivity index (χ1v) is 13.3. The minimum absolute atomic E-state index is 0.154. The van der Waals surface area contributed by atoms with Crippen LogP contribution in [0.15, 0.2) is 137 Å². The average Bonchev–Trinajstić information content (AvgIpc) is 2.97. The van der Waals surface area contributed by atoms with Crippen molar-refractivity contribution in [3.63, 3.8) is 0 Å². The van der Waals surface area contributed by atoms with E-state index in [1.54, 1.807) is 0 Å². The van der Waals surface area contributed by atoms with Crippen LogP contribution in [0.3, 0.4) is 0 Å². The molecule has 0 unspecified atom stereocenters. The number of hydrogen-bond acceptors (Lipinski definition) is 1. The Morgan fingerprint density at radius 2 is 0.667 bits per heavy atom. The maximum absolute atomic E-state index is 2.32. The summed E-state index contributed by atoms with van der Waals surface area (Å²) >= 11 is 1.97. The highest BCUT2D eigenvalue weighted by molar-refractivity contribution is 8.00. The van der Waals surface area contributed by atoms with Gasteiger partial charge in [-0.25, -0.2) is 0 Å². The molecule has 0 bridgehead atoms. The van der Waals surface area contributed by atoms with Crippen molar-refractivity contribution in [2.75, 3.05) is 0 Å². The quantitative estimate of drug-likeness (QED) is 0.213. The van der Waals surface area contributed by atoms with E-state index in [2.05, 4.69) is 127 Å². The maximum Gasteiger partial charge on any atom is 0.0375 e. The summed E-state index contributed by atoms with van der Waals surface area (Å²) in [5.74, 6) is 0.154. The van der Waals surface area contributed by atoms with Gasteiger partial charge in [0.1, 0.15) is 0 Å². The zero-order chi connectivity index (χ0) is 23.6. The van der Waals surface area contributed by atoms with Crippen molar-refractivity contribution < 1.29 is 0 Å². The van der Waals surface area contributed by atoms with Crippen LogP contribution in [-0.4, -0.2) is 0 Å². The summed E-state index contributed by atoms with van der Waals surface area (Å²) in [7, 11) is 0. The molecule has 8 rings (SSSR count). The summed E-state index contributed by atoms with van der Waals surface area (Å²) < 4.78 is 0. The van der Waals surface area contributed by atoms with Crippen molar-refractivity contribution in [2.45, 2.75) is 15.7 Å². The fourth-order valence-corrected chi connectivity index (χ4v) is 7.75. The van der Waals surface area contributed by atoms with Crippen LogP contribution in [0.4, 0.5) is 0 Å². The molecule has 0 amide bonds. The van der Waals surface area contributed by atoms with Gasteiger partial charge in [0.05, 0.1) is 0 Å². The van der Waals surface area contributed by atoms with Gasteiger partial charge in [-0.15, -0.1) is 0 Å². The van der Waals surface area contributed by atoms with E-state index in [4.69, 9.17) is 0 Å². The number of fused-ring (bicyclic) bond motifs is 12. The Hall–Kier alpha value is -4.07. The molecule has 0 fully saturated rings. The Kier molecular flexibility index (Phi) is 4.32. The lowest BCUT2D eigenvalue weighted by atomic mass is 9.78. The molecule has 36 heavy (non-hydrogen) atoms. The van der Waals surface area contributed by atoms with Gasteiger partial charge in [0, 0.05) is 15.7 Å². The highest BCUT2D eigenvalue weighted by Gasteiger charge is 2.33. The molecule has 0 saturated heterocycles. The van der Waals surface area contributed by atoms with Gasteiger partial charge in [-0.3, -0.25) is 0 Å². The molecule has 1 aliphatic heterocycles. The normalized spacial score (nSPS) is 13.3. The maximum atomic E-state index is 2.32. The summed E-state index contributed by atoms with van der Waals surface area (Å²) in [5.41, 5.74) is 4.23. The SMILES string of the molecule is c1ccc(C2c3c(c4ccccc4c4ccccc34)Sc3c2c2ccccc2c2ccccc32)cc1. The second kappa shape index (κ2) is 7.71. The zero-order valence-electron chi connectivity index (χ0n) is 19.6. The molecule has 168 valence electrons. The molecule has 0 saturated carbocycles. The van der Waals surface area contributed by atoms with E-state index >= 15 is 0 Å². The molecule has 0 atom stereocenters. The summed E-state index contributed by atoms with van der Waals surface area (Å²) in [4.78, 5) is 2.79. The molecule has 1 heterocycles. The topological polar surface area (TPSA) is 0 Å². The van der Waals surface area contributed by atoms with Crippen molar-refractivity contribution in [1.82, 2.24) is 0 Å². The van der Waals surface area contributed by atoms with Gasteiger partial charge >= 0.3 is 0 Å². The fourth-order valence-electron chi connectivity index (χ4n) is 6.29. The summed E-state index contributed by atoms with van der Waals surface area (Å²) in [6.07, 6.45) is 0. The molecule has 1 aliphatic rings. The number of hydrogen-bond donors (Lipinski definition) is 0. The molecular weight excluding hydrogens is 452 g/mol. The van der Waals surface area contributed by atoms with Gasteiger partial charge < -0.3 is 0 Å². The molecule has 7 aromatic rings. The van der Waals surface area contributed by atoms with Crippen molar-refractivity contribution in [3.05, 3.63) is 144 Å². The third-order valence-corrected chi connectivity index (χ3v) is 9.05. The highest BCUT2D eigenvalue weighted by Crippen LogP contribution is 2.57. The van der Waals surface area contributed by atoms with Gasteiger partial charge in [-0.2, -0.15) is 0 Å². The third-order valence-electron chi connectivity index (χ3n) is 7.76. The first kappa shape index (κ1) is 20.2. The molecule has 0 aliphatic carbocycles. The van der Waals surface area contributed by atoms with Crippen LogP contribution in [0.1, 0.15) is 22.6 Å². The van der Waals surface area contributed by atoms with E-state index in [1.807, 2.05) is 11.8 Å². The monoisotopic (exact) mass is 474 g/mol. The van der Waals surface area contributed by atoms with Crippen LogP contribution >= 0.6 is 11.8 Å². The van der Waals surface area contributed by atoms with Crippen molar-refractivity contribution in [2.24, 2.45) is 0 Å². The summed E-state index contributed by atoms with van der Waals surface area (Å²) in [6.45, 7) is 0. The highest BCUT2D eigenvalue weighted by atomic mass is 32.2. The Labute approximate surface area is 214 Å². The predicted octanol–water partition coefficient (Wildman–Crippen LogP) is 9.94. The van der Waals surface area contributed by atoms with E-state index in [0.717, 1.165) is 0 Å². The van der Waals surface area contributed by atoms with E-state index in [-0.39, 0.29) is 5.92 Å². The van der Waals surface area contributed by atoms with Gasteiger partial charge in [-0.05, 0) is 59.8 Å².